The summed E-state index contributed by atoms with van der Waals surface area (Å²) in [5.41, 5.74) is 2.39. The van der Waals surface area contributed by atoms with Gasteiger partial charge in [-0.1, -0.05) is 0 Å². The van der Waals surface area contributed by atoms with Crippen LogP contribution >= 0.6 is 0 Å². The van der Waals surface area contributed by atoms with Gasteiger partial charge in [-0.3, -0.25) is 4.99 Å². The van der Waals surface area contributed by atoms with Gasteiger partial charge < -0.3 is 4.90 Å². The van der Waals surface area contributed by atoms with E-state index in [1.807, 2.05) is 31.3 Å². The molecule has 0 aromatic carbocycles. The van der Waals surface area contributed by atoms with Crippen LogP contribution in [0.15, 0.2) is 23.3 Å². The minimum absolute atomic E-state index is 0.977. The summed E-state index contributed by atoms with van der Waals surface area (Å²) in [6.45, 7) is 0.977. The van der Waals surface area contributed by atoms with Gasteiger partial charge in [0.1, 0.15) is 5.82 Å². The molecular weight excluding hydrogens is 174 g/mol. The van der Waals surface area contributed by atoms with E-state index >= 15 is 0 Å². The van der Waals surface area contributed by atoms with Crippen molar-refractivity contribution in [1.82, 2.24) is 4.98 Å². The molecule has 74 valence electrons. The van der Waals surface area contributed by atoms with E-state index in [1.165, 1.54) is 17.7 Å². The number of rotatable bonds is 2. The van der Waals surface area contributed by atoms with Crippen molar-refractivity contribution in [2.75, 3.05) is 25.5 Å². The molecule has 0 unspecified atom stereocenters. The van der Waals surface area contributed by atoms with Gasteiger partial charge in [0.2, 0.25) is 0 Å². The normalized spacial score (nSPS) is 15.4. The third kappa shape index (κ3) is 1.76. The van der Waals surface area contributed by atoms with Crippen LogP contribution in [-0.4, -0.2) is 31.3 Å². The van der Waals surface area contributed by atoms with E-state index in [2.05, 4.69) is 16.0 Å². The van der Waals surface area contributed by atoms with Crippen LogP contribution in [0.25, 0.3) is 0 Å². The molecule has 0 aliphatic carbocycles. The third-order valence-corrected chi connectivity index (χ3v) is 2.41. The predicted octanol–water partition coefficient (Wildman–Crippen LogP) is 1.73. The van der Waals surface area contributed by atoms with Crippen molar-refractivity contribution < 1.29 is 0 Å². The predicted molar refractivity (Wildman–Crippen MR) is 59.2 cm³/mol. The van der Waals surface area contributed by atoms with E-state index < -0.39 is 0 Å². The van der Waals surface area contributed by atoms with Gasteiger partial charge in [-0.05, 0) is 25.0 Å². The highest BCUT2D eigenvalue weighted by Gasteiger charge is 2.09. The van der Waals surface area contributed by atoms with Crippen molar-refractivity contribution in [2.24, 2.45) is 4.99 Å². The first kappa shape index (κ1) is 9.19. The average molecular weight is 189 g/mol. The molecule has 0 fully saturated rings. The number of hydrogen-bond acceptors (Lipinski definition) is 3. The Kier molecular flexibility index (Phi) is 2.48. The largest absolute Gasteiger partial charge is 0.363 e. The smallest absolute Gasteiger partial charge is 0.127 e. The summed E-state index contributed by atoms with van der Waals surface area (Å²) in [7, 11) is 3.99. The maximum Gasteiger partial charge on any atom is 0.127 e. The van der Waals surface area contributed by atoms with Crippen LogP contribution in [0, 0.1) is 0 Å². The van der Waals surface area contributed by atoms with Gasteiger partial charge in [0.25, 0.3) is 0 Å². The maximum atomic E-state index is 4.44. The second kappa shape index (κ2) is 3.78. The molecule has 1 aromatic rings. The van der Waals surface area contributed by atoms with Crippen molar-refractivity contribution >= 4 is 11.5 Å². The Morgan fingerprint density at radius 1 is 1.29 bits per heavy atom. The second-order valence-electron chi connectivity index (χ2n) is 3.73. The minimum atomic E-state index is 0.977. The van der Waals surface area contributed by atoms with Crippen molar-refractivity contribution in [1.29, 1.82) is 0 Å². The molecule has 0 saturated carbocycles. The Morgan fingerprint density at radius 2 is 2.14 bits per heavy atom. The Bertz CT molecular complexity index is 338. The summed E-state index contributed by atoms with van der Waals surface area (Å²) < 4.78 is 0. The van der Waals surface area contributed by atoms with Crippen molar-refractivity contribution in [3.8, 4) is 0 Å². The first-order valence-electron chi connectivity index (χ1n) is 4.94. The molecule has 0 bridgehead atoms. The highest BCUT2D eigenvalue weighted by atomic mass is 15.1. The molecule has 2 rings (SSSR count). The Balaban J connectivity index is 2.21. The SMILES string of the molecule is CN(C)c1ccc(C2=NCCC2)cn1. The molecule has 0 radical (unpaired) electrons. The van der Waals surface area contributed by atoms with Crippen molar-refractivity contribution in [3.63, 3.8) is 0 Å². The molecule has 0 atom stereocenters. The molecule has 1 aromatic heterocycles. The van der Waals surface area contributed by atoms with Crippen molar-refractivity contribution in [2.45, 2.75) is 12.8 Å². The second-order valence-corrected chi connectivity index (χ2v) is 3.73. The van der Waals surface area contributed by atoms with Crippen LogP contribution in [0.5, 0.6) is 0 Å². The maximum absolute atomic E-state index is 4.44. The Labute approximate surface area is 84.5 Å². The highest BCUT2D eigenvalue weighted by molar-refractivity contribution is 6.01. The zero-order chi connectivity index (χ0) is 9.97. The highest BCUT2D eigenvalue weighted by Crippen LogP contribution is 2.14. The summed E-state index contributed by atoms with van der Waals surface area (Å²) in [5.74, 6) is 0.993. The number of nitrogens with zero attached hydrogens (tertiary/aromatic N) is 3. The third-order valence-electron chi connectivity index (χ3n) is 2.41. The van der Waals surface area contributed by atoms with Crippen LogP contribution in [-0.2, 0) is 0 Å². The van der Waals surface area contributed by atoms with E-state index in [0.29, 0.717) is 0 Å². The number of aromatic nitrogens is 1. The van der Waals surface area contributed by atoms with Gasteiger partial charge in [-0.15, -0.1) is 0 Å². The van der Waals surface area contributed by atoms with Crippen LogP contribution in [0.3, 0.4) is 0 Å². The summed E-state index contributed by atoms with van der Waals surface area (Å²) in [5, 5.41) is 0. The summed E-state index contributed by atoms with van der Waals surface area (Å²) in [6, 6.07) is 4.14. The lowest BCUT2D eigenvalue weighted by molar-refractivity contribution is 0.951. The molecule has 1 aliphatic heterocycles. The van der Waals surface area contributed by atoms with Gasteiger partial charge in [0, 0.05) is 38.1 Å². The molecule has 3 nitrogen and oxygen atoms in total. The number of aliphatic imine (C=N–C) groups is 1. The molecule has 3 heteroatoms. The van der Waals surface area contributed by atoms with Crippen LogP contribution < -0.4 is 4.90 Å². The Morgan fingerprint density at radius 3 is 2.64 bits per heavy atom. The topological polar surface area (TPSA) is 28.5 Å². The lowest BCUT2D eigenvalue weighted by atomic mass is 10.1. The van der Waals surface area contributed by atoms with Crippen molar-refractivity contribution in [3.05, 3.63) is 23.9 Å². The fourth-order valence-corrected chi connectivity index (χ4v) is 1.60. The lowest BCUT2D eigenvalue weighted by Gasteiger charge is -2.11. The first-order valence-corrected chi connectivity index (χ1v) is 4.94. The molecule has 0 N–H and O–H groups in total. The molecule has 0 saturated heterocycles. The molecule has 0 amide bonds. The number of anilines is 1. The lowest BCUT2D eigenvalue weighted by Crippen LogP contribution is -2.10. The quantitative estimate of drug-likeness (QED) is 0.708. The zero-order valence-electron chi connectivity index (χ0n) is 8.70. The van der Waals surface area contributed by atoms with Crippen LogP contribution in [0.2, 0.25) is 0 Å². The minimum Gasteiger partial charge on any atom is -0.363 e. The summed E-state index contributed by atoms with van der Waals surface area (Å²) in [4.78, 5) is 10.8. The summed E-state index contributed by atoms with van der Waals surface area (Å²) >= 11 is 0. The molecule has 14 heavy (non-hydrogen) atoms. The molecule has 1 aliphatic rings. The number of pyridine rings is 1. The van der Waals surface area contributed by atoms with Gasteiger partial charge in [0.05, 0.1) is 0 Å². The molecule has 2 heterocycles. The zero-order valence-corrected chi connectivity index (χ0v) is 8.70. The Hall–Kier alpha value is -1.38. The van der Waals surface area contributed by atoms with E-state index in [0.717, 1.165) is 18.8 Å². The van der Waals surface area contributed by atoms with Crippen LogP contribution in [0.1, 0.15) is 18.4 Å². The standard InChI is InChI=1S/C11H15N3/c1-14(2)11-6-5-9(8-13-11)10-4-3-7-12-10/h5-6,8H,3-4,7H2,1-2H3. The van der Waals surface area contributed by atoms with E-state index in [1.54, 1.807) is 0 Å². The first-order chi connectivity index (χ1) is 6.77. The monoisotopic (exact) mass is 189 g/mol. The van der Waals surface area contributed by atoms with Gasteiger partial charge in [0.15, 0.2) is 0 Å². The van der Waals surface area contributed by atoms with Gasteiger partial charge in [-0.2, -0.15) is 0 Å². The fraction of sp³-hybridized carbons (Fsp3) is 0.455. The van der Waals surface area contributed by atoms with Gasteiger partial charge in [-0.25, -0.2) is 4.98 Å². The van der Waals surface area contributed by atoms with E-state index in [4.69, 9.17) is 0 Å². The average Bonchev–Trinajstić information content (AvgIpc) is 2.71. The van der Waals surface area contributed by atoms with Crippen LogP contribution in [0.4, 0.5) is 5.82 Å². The molecule has 0 spiro atoms. The fourth-order valence-electron chi connectivity index (χ4n) is 1.60. The number of hydrogen-bond donors (Lipinski definition) is 0. The summed E-state index contributed by atoms with van der Waals surface area (Å²) in [6.07, 6.45) is 4.20. The molecular formula is C11H15N3. The van der Waals surface area contributed by atoms with Gasteiger partial charge >= 0.3 is 0 Å². The van der Waals surface area contributed by atoms with E-state index in [9.17, 15) is 0 Å². The van der Waals surface area contributed by atoms with E-state index in [-0.39, 0.29) is 0 Å².